The molecular formula is C14H22BrN. The van der Waals surface area contributed by atoms with Crippen LogP contribution in [0.4, 0.5) is 5.69 Å². The van der Waals surface area contributed by atoms with Crippen LogP contribution in [0.15, 0.2) is 16.6 Å². The van der Waals surface area contributed by atoms with Crippen molar-refractivity contribution < 1.29 is 0 Å². The fourth-order valence-electron chi connectivity index (χ4n) is 1.79. The number of anilines is 1. The molecule has 16 heavy (non-hydrogen) atoms. The molecule has 0 aliphatic heterocycles. The zero-order valence-corrected chi connectivity index (χ0v) is 12.3. The molecule has 0 amide bonds. The molecule has 0 aliphatic rings. The van der Waals surface area contributed by atoms with Crippen molar-refractivity contribution in [3.63, 3.8) is 0 Å². The van der Waals surface area contributed by atoms with E-state index in [1.165, 1.54) is 34.1 Å². The largest absolute Gasteiger partial charge is 0.385 e. The highest BCUT2D eigenvalue weighted by Crippen LogP contribution is 2.24. The van der Waals surface area contributed by atoms with Crippen LogP contribution >= 0.6 is 15.9 Å². The van der Waals surface area contributed by atoms with Gasteiger partial charge in [-0.25, -0.2) is 0 Å². The molecule has 0 atom stereocenters. The van der Waals surface area contributed by atoms with Crippen molar-refractivity contribution in [1.29, 1.82) is 0 Å². The van der Waals surface area contributed by atoms with E-state index in [0.29, 0.717) is 0 Å². The highest BCUT2D eigenvalue weighted by Gasteiger charge is 2.01. The quantitative estimate of drug-likeness (QED) is 0.757. The van der Waals surface area contributed by atoms with Crippen LogP contribution in [0.25, 0.3) is 0 Å². The van der Waals surface area contributed by atoms with Gasteiger partial charge in [0.1, 0.15) is 0 Å². The maximum Gasteiger partial charge on any atom is 0.0346 e. The van der Waals surface area contributed by atoms with Crippen molar-refractivity contribution in [2.45, 2.75) is 40.5 Å². The van der Waals surface area contributed by atoms with Gasteiger partial charge in [-0.2, -0.15) is 0 Å². The van der Waals surface area contributed by atoms with Gasteiger partial charge in [-0.15, -0.1) is 0 Å². The van der Waals surface area contributed by atoms with Crippen LogP contribution in [0, 0.1) is 19.8 Å². The van der Waals surface area contributed by atoms with Crippen LogP contribution in [0.3, 0.4) is 0 Å². The lowest BCUT2D eigenvalue weighted by Gasteiger charge is -2.11. The Labute approximate surface area is 108 Å². The van der Waals surface area contributed by atoms with Crippen LogP contribution in [-0.4, -0.2) is 6.54 Å². The molecule has 0 unspecified atom stereocenters. The summed E-state index contributed by atoms with van der Waals surface area (Å²) in [6.07, 6.45) is 2.54. The third kappa shape index (κ3) is 4.17. The first kappa shape index (κ1) is 13.6. The van der Waals surface area contributed by atoms with Crippen LogP contribution in [0.2, 0.25) is 0 Å². The van der Waals surface area contributed by atoms with Gasteiger partial charge in [-0.05, 0) is 55.9 Å². The summed E-state index contributed by atoms with van der Waals surface area (Å²) in [6.45, 7) is 9.88. The van der Waals surface area contributed by atoms with Gasteiger partial charge in [-0.3, -0.25) is 0 Å². The van der Waals surface area contributed by atoms with E-state index in [1.54, 1.807) is 0 Å². The minimum absolute atomic E-state index is 0.801. The molecule has 0 radical (unpaired) electrons. The Morgan fingerprint density at radius 3 is 2.25 bits per heavy atom. The highest BCUT2D eigenvalue weighted by molar-refractivity contribution is 9.10. The second kappa shape index (κ2) is 6.29. The van der Waals surface area contributed by atoms with Crippen molar-refractivity contribution in [2.24, 2.45) is 5.92 Å². The smallest absolute Gasteiger partial charge is 0.0346 e. The van der Waals surface area contributed by atoms with Crippen LogP contribution in [0.1, 0.15) is 37.8 Å². The molecule has 90 valence electrons. The zero-order valence-electron chi connectivity index (χ0n) is 10.7. The molecule has 1 rings (SSSR count). The lowest BCUT2D eigenvalue weighted by atomic mass is 10.1. The fraction of sp³-hybridized carbons (Fsp3) is 0.571. The number of halogens is 1. The third-order valence-electron chi connectivity index (χ3n) is 2.72. The maximum absolute atomic E-state index is 3.59. The molecule has 0 aromatic heterocycles. The van der Waals surface area contributed by atoms with Gasteiger partial charge in [0.05, 0.1) is 0 Å². The molecule has 0 saturated carbocycles. The van der Waals surface area contributed by atoms with E-state index in [2.05, 4.69) is 61.1 Å². The first-order chi connectivity index (χ1) is 7.50. The standard InChI is InChI=1S/C14H22BrN/c1-10(2)6-5-7-16-13-8-11(3)14(15)12(4)9-13/h8-10,16H,5-7H2,1-4H3. The average Bonchev–Trinajstić information content (AvgIpc) is 2.20. The summed E-state index contributed by atoms with van der Waals surface area (Å²) < 4.78 is 1.22. The van der Waals surface area contributed by atoms with Gasteiger partial charge in [0.25, 0.3) is 0 Å². The first-order valence-electron chi connectivity index (χ1n) is 6.01. The Kier molecular flexibility index (Phi) is 5.33. The predicted octanol–water partition coefficient (Wildman–Crippen LogP) is 4.91. The van der Waals surface area contributed by atoms with Gasteiger partial charge in [-0.1, -0.05) is 29.8 Å². The van der Waals surface area contributed by atoms with Gasteiger partial charge in [0.2, 0.25) is 0 Å². The van der Waals surface area contributed by atoms with Crippen molar-refractivity contribution >= 4 is 21.6 Å². The number of benzene rings is 1. The molecule has 1 aromatic carbocycles. The van der Waals surface area contributed by atoms with Gasteiger partial charge in [0.15, 0.2) is 0 Å². The lowest BCUT2D eigenvalue weighted by Crippen LogP contribution is -2.03. The minimum atomic E-state index is 0.801. The Balaban J connectivity index is 2.49. The molecular weight excluding hydrogens is 262 g/mol. The van der Waals surface area contributed by atoms with Crippen LogP contribution < -0.4 is 5.32 Å². The molecule has 2 heteroatoms. The number of hydrogen-bond acceptors (Lipinski definition) is 1. The molecule has 1 aromatic rings. The summed E-state index contributed by atoms with van der Waals surface area (Å²) in [5.41, 5.74) is 3.83. The summed E-state index contributed by atoms with van der Waals surface area (Å²) in [6, 6.07) is 4.40. The van der Waals surface area contributed by atoms with E-state index in [9.17, 15) is 0 Å². The summed E-state index contributed by atoms with van der Waals surface area (Å²) >= 11 is 3.59. The van der Waals surface area contributed by atoms with E-state index in [-0.39, 0.29) is 0 Å². The predicted molar refractivity (Wildman–Crippen MR) is 76.2 cm³/mol. The number of hydrogen-bond donors (Lipinski definition) is 1. The average molecular weight is 284 g/mol. The number of nitrogens with one attached hydrogen (secondary N) is 1. The Bertz CT molecular complexity index is 322. The first-order valence-corrected chi connectivity index (χ1v) is 6.80. The van der Waals surface area contributed by atoms with Gasteiger partial charge >= 0.3 is 0 Å². The Morgan fingerprint density at radius 2 is 1.75 bits per heavy atom. The van der Waals surface area contributed by atoms with E-state index in [4.69, 9.17) is 0 Å². The highest BCUT2D eigenvalue weighted by atomic mass is 79.9. The zero-order chi connectivity index (χ0) is 12.1. The van der Waals surface area contributed by atoms with E-state index >= 15 is 0 Å². The van der Waals surface area contributed by atoms with Crippen molar-refractivity contribution in [3.05, 3.63) is 27.7 Å². The molecule has 0 saturated heterocycles. The van der Waals surface area contributed by atoms with E-state index in [0.717, 1.165) is 12.5 Å². The Hall–Kier alpha value is -0.500. The monoisotopic (exact) mass is 283 g/mol. The normalized spacial score (nSPS) is 10.9. The van der Waals surface area contributed by atoms with Gasteiger partial charge in [0, 0.05) is 16.7 Å². The minimum Gasteiger partial charge on any atom is -0.385 e. The second-order valence-corrected chi connectivity index (χ2v) is 5.68. The molecule has 0 fully saturated rings. The summed E-state index contributed by atoms with van der Waals surface area (Å²) in [7, 11) is 0. The van der Waals surface area contributed by atoms with Crippen molar-refractivity contribution in [1.82, 2.24) is 0 Å². The molecule has 0 spiro atoms. The second-order valence-electron chi connectivity index (χ2n) is 4.89. The number of rotatable bonds is 5. The summed E-state index contributed by atoms with van der Waals surface area (Å²) in [4.78, 5) is 0. The number of aryl methyl sites for hydroxylation is 2. The topological polar surface area (TPSA) is 12.0 Å². The van der Waals surface area contributed by atoms with E-state index < -0.39 is 0 Å². The fourth-order valence-corrected chi connectivity index (χ4v) is 2.02. The summed E-state index contributed by atoms with van der Waals surface area (Å²) in [5, 5.41) is 3.49. The third-order valence-corrected chi connectivity index (χ3v) is 3.97. The molecule has 0 bridgehead atoms. The molecule has 0 heterocycles. The van der Waals surface area contributed by atoms with E-state index in [1.807, 2.05) is 0 Å². The van der Waals surface area contributed by atoms with Crippen LogP contribution in [0.5, 0.6) is 0 Å². The Morgan fingerprint density at radius 1 is 1.19 bits per heavy atom. The maximum atomic E-state index is 3.59. The van der Waals surface area contributed by atoms with Crippen molar-refractivity contribution in [2.75, 3.05) is 11.9 Å². The SMILES string of the molecule is Cc1cc(NCCCC(C)C)cc(C)c1Br. The molecule has 1 nitrogen and oxygen atoms in total. The summed E-state index contributed by atoms with van der Waals surface area (Å²) in [5.74, 6) is 0.801. The lowest BCUT2D eigenvalue weighted by molar-refractivity contribution is 0.567. The molecule has 1 N–H and O–H groups in total. The molecule has 0 aliphatic carbocycles. The van der Waals surface area contributed by atoms with Crippen LogP contribution in [-0.2, 0) is 0 Å². The van der Waals surface area contributed by atoms with Crippen molar-refractivity contribution in [3.8, 4) is 0 Å². The van der Waals surface area contributed by atoms with Gasteiger partial charge < -0.3 is 5.32 Å².